The number of rotatable bonds is 8. The highest BCUT2D eigenvalue weighted by molar-refractivity contribution is 7.89. The predicted molar refractivity (Wildman–Crippen MR) is 104 cm³/mol. The van der Waals surface area contributed by atoms with E-state index in [1.807, 2.05) is 31.1 Å². The van der Waals surface area contributed by atoms with E-state index in [0.29, 0.717) is 23.0 Å². The molecule has 2 aromatic rings. The summed E-state index contributed by atoms with van der Waals surface area (Å²) in [5, 5.41) is 0. The van der Waals surface area contributed by atoms with Gasteiger partial charge in [-0.15, -0.1) is 0 Å². The molecule has 0 bridgehead atoms. The van der Waals surface area contributed by atoms with Crippen LogP contribution in [0.1, 0.15) is 11.6 Å². The summed E-state index contributed by atoms with van der Waals surface area (Å²) in [5.74, 6) is 2.16. The predicted octanol–water partition coefficient (Wildman–Crippen LogP) is 2.01. The summed E-state index contributed by atoms with van der Waals surface area (Å²) in [4.78, 5) is 2.06. The monoisotopic (exact) mass is 408 g/mol. The zero-order chi connectivity index (χ0) is 20.3. The second-order valence-corrected chi connectivity index (χ2v) is 8.23. The molecule has 28 heavy (non-hydrogen) atoms. The van der Waals surface area contributed by atoms with Gasteiger partial charge in [0, 0.05) is 18.7 Å². The van der Waals surface area contributed by atoms with Crippen LogP contribution >= 0.6 is 0 Å². The molecular weight excluding hydrogens is 384 g/mol. The van der Waals surface area contributed by atoms with Crippen molar-refractivity contribution in [3.63, 3.8) is 0 Å². The van der Waals surface area contributed by atoms with Crippen LogP contribution in [-0.2, 0) is 10.0 Å². The van der Waals surface area contributed by atoms with Gasteiger partial charge in [-0.3, -0.25) is 0 Å². The SMILES string of the molecule is COc1ccc([C@H](CNS(=O)(=O)c2ccc3c(c2)OCO3)N(C)C)cc1OC. The summed E-state index contributed by atoms with van der Waals surface area (Å²) in [7, 11) is 3.19. The molecule has 3 rings (SSSR count). The number of nitrogens with one attached hydrogen (secondary N) is 1. The highest BCUT2D eigenvalue weighted by Gasteiger charge is 2.23. The van der Waals surface area contributed by atoms with E-state index in [1.54, 1.807) is 26.4 Å². The Morgan fingerprint density at radius 1 is 1.04 bits per heavy atom. The minimum atomic E-state index is -3.72. The molecule has 0 fully saturated rings. The number of methoxy groups -OCH3 is 2. The average Bonchev–Trinajstić information content (AvgIpc) is 3.15. The van der Waals surface area contributed by atoms with E-state index in [1.165, 1.54) is 12.1 Å². The van der Waals surface area contributed by atoms with Crippen LogP contribution in [0.15, 0.2) is 41.3 Å². The zero-order valence-electron chi connectivity index (χ0n) is 16.3. The van der Waals surface area contributed by atoms with Crippen LogP contribution in [0.4, 0.5) is 0 Å². The average molecular weight is 408 g/mol. The molecule has 152 valence electrons. The second-order valence-electron chi connectivity index (χ2n) is 6.46. The lowest BCUT2D eigenvalue weighted by molar-refractivity contribution is 0.174. The van der Waals surface area contributed by atoms with E-state index < -0.39 is 10.0 Å². The Hall–Kier alpha value is -2.49. The summed E-state index contributed by atoms with van der Waals surface area (Å²) in [5.41, 5.74) is 0.899. The molecule has 1 aliphatic rings. The summed E-state index contributed by atoms with van der Waals surface area (Å²) in [6.45, 7) is 0.271. The molecule has 1 aliphatic heterocycles. The van der Waals surface area contributed by atoms with E-state index in [9.17, 15) is 8.42 Å². The lowest BCUT2D eigenvalue weighted by Gasteiger charge is -2.25. The maximum Gasteiger partial charge on any atom is 0.240 e. The third-order valence-corrected chi connectivity index (χ3v) is 5.96. The first kappa shape index (κ1) is 20.2. The van der Waals surface area contributed by atoms with Crippen molar-refractivity contribution in [2.45, 2.75) is 10.9 Å². The quantitative estimate of drug-likeness (QED) is 0.715. The number of ether oxygens (including phenoxy) is 4. The zero-order valence-corrected chi connectivity index (χ0v) is 17.1. The Kier molecular flexibility index (Phi) is 5.97. The standard InChI is InChI=1S/C19H24N2O6S/c1-21(2)15(13-5-7-16(24-3)18(9-13)25-4)11-20-28(22,23)14-6-8-17-19(10-14)27-12-26-17/h5-10,15,20H,11-12H2,1-4H3/t15-/m0/s1. The largest absolute Gasteiger partial charge is 0.493 e. The molecule has 2 aromatic carbocycles. The first-order valence-electron chi connectivity index (χ1n) is 8.63. The van der Waals surface area contributed by atoms with Crippen LogP contribution in [0.5, 0.6) is 23.0 Å². The molecule has 1 atom stereocenters. The molecule has 9 heteroatoms. The fourth-order valence-electron chi connectivity index (χ4n) is 2.97. The number of likely N-dealkylation sites (N-methyl/N-ethyl adjacent to an activating group) is 1. The molecule has 0 unspecified atom stereocenters. The Balaban J connectivity index is 1.80. The van der Waals surface area contributed by atoms with E-state index >= 15 is 0 Å². The molecular formula is C19H24N2O6S. The van der Waals surface area contributed by atoms with Gasteiger partial charge < -0.3 is 23.8 Å². The van der Waals surface area contributed by atoms with Gasteiger partial charge in [0.1, 0.15) is 0 Å². The van der Waals surface area contributed by atoms with E-state index in [2.05, 4.69) is 4.72 Å². The van der Waals surface area contributed by atoms with Gasteiger partial charge in [0.15, 0.2) is 23.0 Å². The van der Waals surface area contributed by atoms with E-state index in [-0.39, 0.29) is 24.3 Å². The lowest BCUT2D eigenvalue weighted by Crippen LogP contribution is -2.34. The van der Waals surface area contributed by atoms with Crippen molar-refractivity contribution >= 4 is 10.0 Å². The summed E-state index contributed by atoms with van der Waals surface area (Å²) >= 11 is 0. The molecule has 0 saturated carbocycles. The Labute approximate surface area is 165 Å². The third kappa shape index (κ3) is 4.16. The molecule has 0 spiro atoms. The molecule has 0 amide bonds. The third-order valence-electron chi connectivity index (χ3n) is 4.54. The Morgan fingerprint density at radius 3 is 2.43 bits per heavy atom. The molecule has 8 nitrogen and oxygen atoms in total. The smallest absolute Gasteiger partial charge is 0.240 e. The van der Waals surface area contributed by atoms with Crippen molar-refractivity contribution < 1.29 is 27.4 Å². The highest BCUT2D eigenvalue weighted by Crippen LogP contribution is 2.34. The summed E-state index contributed by atoms with van der Waals surface area (Å²) in [6.07, 6.45) is 0. The van der Waals surface area contributed by atoms with Gasteiger partial charge in [-0.2, -0.15) is 0 Å². The molecule has 0 radical (unpaired) electrons. The highest BCUT2D eigenvalue weighted by atomic mass is 32.2. The maximum absolute atomic E-state index is 12.7. The van der Waals surface area contributed by atoms with Crippen molar-refractivity contribution in [2.75, 3.05) is 41.7 Å². The van der Waals surface area contributed by atoms with Gasteiger partial charge in [-0.05, 0) is 43.9 Å². The van der Waals surface area contributed by atoms with E-state index in [4.69, 9.17) is 18.9 Å². The minimum absolute atomic E-state index is 0.0915. The summed E-state index contributed by atoms with van der Waals surface area (Å²) in [6, 6.07) is 9.89. The van der Waals surface area contributed by atoms with Gasteiger partial charge in [-0.1, -0.05) is 6.07 Å². The van der Waals surface area contributed by atoms with Crippen molar-refractivity contribution in [2.24, 2.45) is 0 Å². The van der Waals surface area contributed by atoms with Crippen LogP contribution in [0, 0.1) is 0 Å². The van der Waals surface area contributed by atoms with Gasteiger partial charge in [0.25, 0.3) is 0 Å². The van der Waals surface area contributed by atoms with Gasteiger partial charge in [-0.25, -0.2) is 13.1 Å². The minimum Gasteiger partial charge on any atom is -0.493 e. The molecule has 0 aromatic heterocycles. The number of fused-ring (bicyclic) bond motifs is 1. The fourth-order valence-corrected chi connectivity index (χ4v) is 4.03. The van der Waals surface area contributed by atoms with Gasteiger partial charge in [0.2, 0.25) is 16.8 Å². The van der Waals surface area contributed by atoms with Crippen molar-refractivity contribution in [3.8, 4) is 23.0 Å². The van der Waals surface area contributed by atoms with Crippen molar-refractivity contribution in [3.05, 3.63) is 42.0 Å². The van der Waals surface area contributed by atoms with Crippen LogP contribution in [0.2, 0.25) is 0 Å². The second kappa shape index (κ2) is 8.26. The van der Waals surface area contributed by atoms with Gasteiger partial charge in [0.05, 0.1) is 19.1 Å². The number of hydrogen-bond acceptors (Lipinski definition) is 7. The Morgan fingerprint density at radius 2 is 1.75 bits per heavy atom. The van der Waals surface area contributed by atoms with Crippen LogP contribution in [-0.4, -0.2) is 55.0 Å². The normalized spacial score (nSPS) is 14.2. The van der Waals surface area contributed by atoms with Gasteiger partial charge >= 0.3 is 0 Å². The summed E-state index contributed by atoms with van der Waals surface area (Å²) < 4.78 is 49.3. The maximum atomic E-state index is 12.7. The first-order valence-corrected chi connectivity index (χ1v) is 10.1. The fraction of sp³-hybridized carbons (Fsp3) is 0.368. The first-order chi connectivity index (χ1) is 13.4. The van der Waals surface area contributed by atoms with Crippen LogP contribution < -0.4 is 23.7 Å². The van der Waals surface area contributed by atoms with Crippen molar-refractivity contribution in [1.29, 1.82) is 0 Å². The van der Waals surface area contributed by atoms with Crippen LogP contribution in [0.3, 0.4) is 0 Å². The topological polar surface area (TPSA) is 86.3 Å². The lowest BCUT2D eigenvalue weighted by atomic mass is 10.1. The number of sulfonamides is 1. The Bertz CT molecular complexity index is 945. The molecule has 1 N–H and O–H groups in total. The molecule has 0 saturated heterocycles. The molecule has 0 aliphatic carbocycles. The number of nitrogens with zero attached hydrogens (tertiary/aromatic N) is 1. The number of benzene rings is 2. The van der Waals surface area contributed by atoms with E-state index in [0.717, 1.165) is 5.56 Å². The van der Waals surface area contributed by atoms with Crippen LogP contribution in [0.25, 0.3) is 0 Å². The number of hydrogen-bond donors (Lipinski definition) is 1. The van der Waals surface area contributed by atoms with Crippen molar-refractivity contribution in [1.82, 2.24) is 9.62 Å². The molecule has 1 heterocycles.